The Morgan fingerprint density at radius 3 is 2.73 bits per heavy atom. The van der Waals surface area contributed by atoms with Crippen molar-refractivity contribution in [2.75, 3.05) is 0 Å². The van der Waals surface area contributed by atoms with Gasteiger partial charge in [-0.25, -0.2) is 0 Å². The van der Waals surface area contributed by atoms with E-state index >= 15 is 0 Å². The fraction of sp³-hybridized carbons (Fsp3) is 0.125. The van der Waals surface area contributed by atoms with Gasteiger partial charge in [0.05, 0.1) is 22.3 Å². The highest BCUT2D eigenvalue weighted by Gasteiger charge is 2.07. The molecule has 0 radical (unpaired) electrons. The van der Waals surface area contributed by atoms with Crippen molar-refractivity contribution >= 4 is 23.2 Å². The van der Waals surface area contributed by atoms with Crippen molar-refractivity contribution in [2.24, 2.45) is 5.73 Å². The van der Waals surface area contributed by atoms with Crippen LogP contribution in [0, 0.1) is 0 Å². The first kappa shape index (κ1) is 10.4. The Kier molecular flexibility index (Phi) is 2.86. The lowest BCUT2D eigenvalue weighted by atomic mass is 10.3. The number of benzene rings is 1. The second kappa shape index (κ2) is 4.14. The van der Waals surface area contributed by atoms with Gasteiger partial charge in [0.15, 0.2) is 5.82 Å². The molecule has 0 bridgehead atoms. The van der Waals surface area contributed by atoms with Gasteiger partial charge in [0.2, 0.25) is 0 Å². The molecule has 2 rings (SSSR count). The molecule has 15 heavy (non-hydrogen) atoms. The van der Waals surface area contributed by atoms with E-state index in [0.29, 0.717) is 15.9 Å². The lowest BCUT2D eigenvalue weighted by molar-refractivity contribution is 0.761. The number of halogens is 2. The number of hydrogen-bond donors (Lipinski definition) is 1. The number of nitrogens with zero attached hydrogens (tertiary/aromatic N) is 4. The van der Waals surface area contributed by atoms with Crippen LogP contribution in [-0.4, -0.2) is 20.2 Å². The minimum absolute atomic E-state index is 0.257. The molecular weight excluding hydrogens is 237 g/mol. The van der Waals surface area contributed by atoms with Gasteiger partial charge in [-0.2, -0.15) is 4.68 Å². The van der Waals surface area contributed by atoms with Gasteiger partial charge in [0.1, 0.15) is 0 Å². The van der Waals surface area contributed by atoms with Crippen molar-refractivity contribution in [2.45, 2.75) is 6.54 Å². The molecule has 78 valence electrons. The van der Waals surface area contributed by atoms with Crippen LogP contribution in [0.3, 0.4) is 0 Å². The summed E-state index contributed by atoms with van der Waals surface area (Å²) in [5, 5.41) is 12.0. The van der Waals surface area contributed by atoms with Crippen molar-refractivity contribution in [1.82, 2.24) is 20.2 Å². The van der Waals surface area contributed by atoms with E-state index in [1.54, 1.807) is 18.2 Å². The Morgan fingerprint density at radius 2 is 2.07 bits per heavy atom. The second-order valence-corrected chi connectivity index (χ2v) is 3.62. The van der Waals surface area contributed by atoms with E-state index in [1.165, 1.54) is 4.68 Å². The second-order valence-electron chi connectivity index (χ2n) is 2.81. The minimum atomic E-state index is 0.257. The molecule has 0 saturated carbocycles. The largest absolute Gasteiger partial charge is 0.324 e. The molecule has 0 amide bonds. The molecule has 2 N–H and O–H groups in total. The van der Waals surface area contributed by atoms with Crippen LogP contribution in [0.15, 0.2) is 18.2 Å². The molecule has 0 aliphatic carbocycles. The van der Waals surface area contributed by atoms with Crippen molar-refractivity contribution in [1.29, 1.82) is 0 Å². The van der Waals surface area contributed by atoms with Crippen LogP contribution < -0.4 is 5.73 Å². The van der Waals surface area contributed by atoms with Crippen LogP contribution in [-0.2, 0) is 6.54 Å². The van der Waals surface area contributed by atoms with Gasteiger partial charge in [0.25, 0.3) is 0 Å². The summed E-state index contributed by atoms with van der Waals surface area (Å²) >= 11 is 11.7. The third kappa shape index (κ3) is 1.94. The quantitative estimate of drug-likeness (QED) is 0.867. The minimum Gasteiger partial charge on any atom is -0.324 e. The highest BCUT2D eigenvalue weighted by molar-refractivity contribution is 6.42. The predicted octanol–water partition coefficient (Wildman–Crippen LogP) is 1.43. The zero-order valence-corrected chi connectivity index (χ0v) is 9.07. The van der Waals surface area contributed by atoms with Crippen LogP contribution in [0.2, 0.25) is 10.0 Å². The van der Waals surface area contributed by atoms with E-state index in [9.17, 15) is 0 Å². The van der Waals surface area contributed by atoms with Gasteiger partial charge < -0.3 is 5.73 Å². The summed E-state index contributed by atoms with van der Waals surface area (Å²) in [6.07, 6.45) is 0. The molecule has 0 aliphatic heterocycles. The molecule has 5 nitrogen and oxygen atoms in total. The van der Waals surface area contributed by atoms with Crippen LogP contribution in [0.1, 0.15) is 5.82 Å². The number of nitrogens with two attached hydrogens (primary N) is 1. The highest BCUT2D eigenvalue weighted by atomic mass is 35.5. The Morgan fingerprint density at radius 1 is 1.27 bits per heavy atom. The van der Waals surface area contributed by atoms with Gasteiger partial charge in [0, 0.05) is 0 Å². The van der Waals surface area contributed by atoms with Gasteiger partial charge in [-0.3, -0.25) is 0 Å². The summed E-state index contributed by atoms with van der Waals surface area (Å²) in [5.74, 6) is 0.563. The van der Waals surface area contributed by atoms with Crippen LogP contribution in [0.25, 0.3) is 5.69 Å². The van der Waals surface area contributed by atoms with Gasteiger partial charge in [-0.05, 0) is 28.6 Å². The highest BCUT2D eigenvalue weighted by Crippen LogP contribution is 2.24. The first-order valence-corrected chi connectivity index (χ1v) is 4.90. The van der Waals surface area contributed by atoms with E-state index in [2.05, 4.69) is 15.5 Å². The lowest BCUT2D eigenvalue weighted by Gasteiger charge is -2.03. The summed E-state index contributed by atoms with van der Waals surface area (Å²) in [6, 6.07) is 5.13. The molecule has 0 aliphatic rings. The van der Waals surface area contributed by atoms with Crippen molar-refractivity contribution in [3.63, 3.8) is 0 Å². The SMILES string of the molecule is NCc1nnnn1-c1ccc(Cl)c(Cl)c1. The molecule has 0 unspecified atom stereocenters. The van der Waals surface area contributed by atoms with Gasteiger partial charge >= 0.3 is 0 Å². The Bertz CT molecular complexity index is 482. The molecule has 0 fully saturated rings. The third-order valence-corrected chi connectivity index (χ3v) is 2.60. The molecule has 0 saturated heterocycles. The summed E-state index contributed by atoms with van der Waals surface area (Å²) in [5.41, 5.74) is 6.21. The maximum Gasteiger partial charge on any atom is 0.170 e. The van der Waals surface area contributed by atoms with E-state index in [1.807, 2.05) is 0 Å². The standard InChI is InChI=1S/C8H7Cl2N5/c9-6-2-1-5(3-7(6)10)15-8(4-11)12-13-14-15/h1-3H,4,11H2. The summed E-state index contributed by atoms with van der Waals surface area (Å²) in [7, 11) is 0. The molecule has 1 aromatic heterocycles. The Hall–Kier alpha value is -1.17. The van der Waals surface area contributed by atoms with Crippen molar-refractivity contribution < 1.29 is 0 Å². The first-order chi connectivity index (χ1) is 7.22. The molecule has 7 heteroatoms. The predicted molar refractivity (Wildman–Crippen MR) is 57.1 cm³/mol. The Balaban J connectivity index is 2.50. The summed E-state index contributed by atoms with van der Waals surface area (Å²) in [6.45, 7) is 0.257. The molecule has 0 atom stereocenters. The zero-order chi connectivity index (χ0) is 10.8. The number of rotatable bonds is 2. The molecule has 0 spiro atoms. The fourth-order valence-corrected chi connectivity index (χ4v) is 1.44. The summed E-state index contributed by atoms with van der Waals surface area (Å²) < 4.78 is 1.52. The normalized spacial score (nSPS) is 10.6. The van der Waals surface area contributed by atoms with Crippen LogP contribution >= 0.6 is 23.2 Å². The van der Waals surface area contributed by atoms with Crippen LogP contribution in [0.5, 0.6) is 0 Å². The smallest absolute Gasteiger partial charge is 0.170 e. The maximum atomic E-state index is 5.88. The van der Waals surface area contributed by atoms with Crippen LogP contribution in [0.4, 0.5) is 0 Å². The molecule has 1 aromatic carbocycles. The van der Waals surface area contributed by atoms with Gasteiger partial charge in [-0.1, -0.05) is 23.2 Å². The van der Waals surface area contributed by atoms with E-state index < -0.39 is 0 Å². The first-order valence-electron chi connectivity index (χ1n) is 4.15. The third-order valence-electron chi connectivity index (χ3n) is 1.86. The summed E-state index contributed by atoms with van der Waals surface area (Å²) in [4.78, 5) is 0. The molecule has 2 aromatic rings. The number of hydrogen-bond acceptors (Lipinski definition) is 4. The number of tetrazole rings is 1. The Labute approximate surface area is 95.8 Å². The van der Waals surface area contributed by atoms with Gasteiger partial charge in [-0.15, -0.1) is 5.10 Å². The topological polar surface area (TPSA) is 69.6 Å². The van der Waals surface area contributed by atoms with Crippen molar-refractivity contribution in [3.05, 3.63) is 34.1 Å². The van der Waals surface area contributed by atoms with Crippen molar-refractivity contribution in [3.8, 4) is 5.69 Å². The fourth-order valence-electron chi connectivity index (χ4n) is 1.15. The maximum absolute atomic E-state index is 5.88. The monoisotopic (exact) mass is 243 g/mol. The zero-order valence-electron chi connectivity index (χ0n) is 7.56. The average Bonchev–Trinajstić information content (AvgIpc) is 2.70. The molecular formula is C8H7Cl2N5. The van der Waals surface area contributed by atoms with E-state index in [4.69, 9.17) is 28.9 Å². The van der Waals surface area contributed by atoms with E-state index in [-0.39, 0.29) is 6.54 Å². The molecule has 1 heterocycles. The van der Waals surface area contributed by atoms with E-state index in [0.717, 1.165) is 5.69 Å². The number of aromatic nitrogens is 4. The average molecular weight is 244 g/mol. The lowest BCUT2D eigenvalue weighted by Crippen LogP contribution is -2.07.